The summed E-state index contributed by atoms with van der Waals surface area (Å²) in [5, 5.41) is 37.2. The molecule has 2 fully saturated rings. The van der Waals surface area contributed by atoms with Gasteiger partial charge in [0.1, 0.15) is 61.8 Å². The molecule has 4 rings (SSSR count). The van der Waals surface area contributed by atoms with Crippen molar-refractivity contribution in [3.8, 4) is 0 Å². The molecule has 15 heteroatoms. The topological polar surface area (TPSA) is 188 Å². The van der Waals surface area contributed by atoms with Crippen LogP contribution in [0, 0.1) is 0 Å². The SMILES string of the molecule is CO/N=C(\C(=O)NC1C(=O)N2C(C(=O)O)=C(C[N+]3(C)C[C@@H](O)[C@@H](O)C3)CS[C@@H]12)c1csc(N)n1. The number of quaternary nitrogens is 1. The van der Waals surface area contributed by atoms with Gasteiger partial charge in [0.25, 0.3) is 11.8 Å². The number of nitrogens with zero attached hydrogens (tertiary/aromatic N) is 4. The number of aliphatic hydroxyl groups excluding tert-OH is 2. The highest BCUT2D eigenvalue weighted by Crippen LogP contribution is 2.41. The molecule has 0 saturated carbocycles. The van der Waals surface area contributed by atoms with Gasteiger partial charge in [0.15, 0.2) is 10.8 Å². The average molecular weight is 514 g/mol. The highest BCUT2D eigenvalue weighted by Gasteiger charge is 2.55. The third-order valence-corrected chi connectivity index (χ3v) is 7.98. The number of likely N-dealkylation sites (N-methyl/N-ethyl adjacent to an activating group) is 1. The summed E-state index contributed by atoms with van der Waals surface area (Å²) in [5.41, 5.74) is 6.09. The molecule has 0 radical (unpaired) electrons. The van der Waals surface area contributed by atoms with Crippen LogP contribution >= 0.6 is 23.1 Å². The Morgan fingerprint density at radius 2 is 2.06 bits per heavy atom. The Balaban J connectivity index is 1.52. The molecule has 184 valence electrons. The Morgan fingerprint density at radius 1 is 1.38 bits per heavy atom. The van der Waals surface area contributed by atoms with E-state index >= 15 is 0 Å². The lowest BCUT2D eigenvalue weighted by molar-refractivity contribution is -0.895. The number of hydrogen-bond donors (Lipinski definition) is 5. The summed E-state index contributed by atoms with van der Waals surface area (Å²) in [6, 6.07) is -0.952. The maximum absolute atomic E-state index is 12.9. The van der Waals surface area contributed by atoms with Crippen LogP contribution in [0.2, 0.25) is 0 Å². The number of nitrogens with one attached hydrogen (secondary N) is 1. The third-order valence-electron chi connectivity index (χ3n) is 5.97. The number of carbonyl (C=O) groups is 3. The summed E-state index contributed by atoms with van der Waals surface area (Å²) >= 11 is 2.45. The van der Waals surface area contributed by atoms with Crippen LogP contribution in [0.25, 0.3) is 0 Å². The highest BCUT2D eigenvalue weighted by atomic mass is 32.2. The van der Waals surface area contributed by atoms with Gasteiger partial charge in [-0.05, 0) is 0 Å². The van der Waals surface area contributed by atoms with Crippen LogP contribution in [-0.2, 0) is 19.2 Å². The molecule has 13 nitrogen and oxygen atoms in total. The molecular formula is C19H25N6O7S2+. The number of nitrogen functional groups attached to an aromatic ring is 1. The molecule has 2 unspecified atom stereocenters. The molecule has 0 aromatic carbocycles. The van der Waals surface area contributed by atoms with Crippen LogP contribution in [0.5, 0.6) is 0 Å². The molecule has 2 amide bonds. The van der Waals surface area contributed by atoms with Crippen LogP contribution < -0.4 is 11.1 Å². The zero-order valence-electron chi connectivity index (χ0n) is 18.4. The first-order valence-corrected chi connectivity index (χ1v) is 12.2. The molecule has 34 heavy (non-hydrogen) atoms. The summed E-state index contributed by atoms with van der Waals surface area (Å²) in [5.74, 6) is -2.18. The second-order valence-electron chi connectivity index (χ2n) is 8.59. The largest absolute Gasteiger partial charge is 0.477 e. The first-order valence-electron chi connectivity index (χ1n) is 10.3. The Hall–Kier alpha value is -2.72. The van der Waals surface area contributed by atoms with E-state index in [0.29, 0.717) is 11.3 Å². The number of carboxylic acid groups (broad SMARTS) is 1. The Morgan fingerprint density at radius 3 is 2.62 bits per heavy atom. The van der Waals surface area contributed by atoms with E-state index in [1.807, 2.05) is 7.05 Å². The van der Waals surface area contributed by atoms with Crippen LogP contribution in [0.3, 0.4) is 0 Å². The number of carbonyl (C=O) groups excluding carboxylic acids is 2. The molecule has 0 spiro atoms. The lowest BCUT2D eigenvalue weighted by atomic mass is 10.0. The van der Waals surface area contributed by atoms with E-state index in [0.717, 1.165) is 11.3 Å². The number of aromatic nitrogens is 1. The van der Waals surface area contributed by atoms with Gasteiger partial charge in [-0.15, -0.1) is 23.1 Å². The standard InChI is InChI=1S/C19H24N6O7S2/c1-25(4-10(26)11(27)5-25)3-8-6-33-17-13(16(29)24(17)14(8)18(30)31)22-15(28)12(23-32-2)9-7-34-19(20)21-9/h7,10-11,13,17,26-27H,3-6H2,1-2H3,(H3-,20,21,22,28,30,31)/p+1/b23-12-/t10-,11+,13?,17-,25?/m0/s1. The fraction of sp³-hybridized carbons (Fsp3) is 0.526. The van der Waals surface area contributed by atoms with E-state index in [9.17, 15) is 29.7 Å². The van der Waals surface area contributed by atoms with Crippen molar-refractivity contribution in [3.05, 3.63) is 22.3 Å². The number of nitrogens with two attached hydrogens (primary N) is 1. The second-order valence-corrected chi connectivity index (χ2v) is 10.6. The Bertz CT molecular complexity index is 1080. The predicted molar refractivity (Wildman–Crippen MR) is 123 cm³/mol. The van der Waals surface area contributed by atoms with Crippen LogP contribution in [0.1, 0.15) is 5.69 Å². The van der Waals surface area contributed by atoms with Crippen molar-refractivity contribution in [3.63, 3.8) is 0 Å². The number of amides is 2. The van der Waals surface area contributed by atoms with Gasteiger partial charge in [0, 0.05) is 16.7 Å². The van der Waals surface area contributed by atoms with Gasteiger partial charge in [-0.1, -0.05) is 5.16 Å². The Kier molecular flexibility index (Phi) is 6.56. The number of hydrogen-bond acceptors (Lipinski definition) is 11. The number of rotatable bonds is 7. The first kappa shape index (κ1) is 24.4. The molecule has 5 atom stereocenters. The number of likely N-dealkylation sites (tertiary alicyclic amines) is 1. The number of anilines is 1. The molecule has 3 aliphatic heterocycles. The summed E-state index contributed by atoms with van der Waals surface area (Å²) < 4.78 is 0.259. The van der Waals surface area contributed by atoms with Gasteiger partial charge < -0.3 is 35.7 Å². The molecule has 1 aromatic rings. The van der Waals surface area contributed by atoms with Gasteiger partial charge in [0.2, 0.25) is 0 Å². The van der Waals surface area contributed by atoms with Crippen molar-refractivity contribution >= 4 is 51.7 Å². The highest BCUT2D eigenvalue weighted by molar-refractivity contribution is 8.00. The van der Waals surface area contributed by atoms with Crippen molar-refractivity contribution in [1.82, 2.24) is 15.2 Å². The minimum atomic E-state index is -1.25. The molecule has 6 N–H and O–H groups in total. The van der Waals surface area contributed by atoms with Crippen molar-refractivity contribution in [2.45, 2.75) is 23.6 Å². The lowest BCUT2D eigenvalue weighted by Gasteiger charge is -2.49. The van der Waals surface area contributed by atoms with Gasteiger partial charge in [-0.2, -0.15) is 0 Å². The van der Waals surface area contributed by atoms with Gasteiger partial charge in [-0.3, -0.25) is 14.5 Å². The monoisotopic (exact) mass is 513 g/mol. The zero-order valence-corrected chi connectivity index (χ0v) is 20.0. The molecule has 0 bridgehead atoms. The van der Waals surface area contributed by atoms with E-state index < -0.39 is 41.4 Å². The number of aliphatic hydroxyl groups is 2. The van der Waals surface area contributed by atoms with Crippen LogP contribution in [-0.4, -0.2) is 116 Å². The first-order chi connectivity index (χ1) is 16.0. The van der Waals surface area contributed by atoms with Crippen molar-refractivity contribution < 1.29 is 39.0 Å². The summed E-state index contributed by atoms with van der Waals surface area (Å²) in [6.45, 7) is 0.828. The van der Waals surface area contributed by atoms with Crippen molar-refractivity contribution in [1.29, 1.82) is 0 Å². The smallest absolute Gasteiger partial charge is 0.352 e. The number of carboxylic acids is 1. The van der Waals surface area contributed by atoms with E-state index in [-0.39, 0.29) is 46.4 Å². The van der Waals surface area contributed by atoms with E-state index in [2.05, 4.69) is 15.5 Å². The number of β-lactam (4-membered cyclic amide) rings is 1. The molecule has 0 aliphatic carbocycles. The molecule has 4 heterocycles. The van der Waals surface area contributed by atoms with Gasteiger partial charge in [-0.25, -0.2) is 9.78 Å². The quantitative estimate of drug-likeness (QED) is 0.118. The number of aliphatic carboxylic acids is 1. The van der Waals surface area contributed by atoms with E-state index in [1.165, 1.54) is 29.2 Å². The maximum atomic E-state index is 12.9. The fourth-order valence-electron chi connectivity index (χ4n) is 4.52. The predicted octanol–water partition coefficient (Wildman–Crippen LogP) is -2.00. The molecular weight excluding hydrogens is 488 g/mol. The second kappa shape index (κ2) is 9.14. The van der Waals surface area contributed by atoms with Crippen LogP contribution in [0.4, 0.5) is 5.13 Å². The number of thiazole rings is 1. The van der Waals surface area contributed by atoms with Gasteiger partial charge >= 0.3 is 5.97 Å². The summed E-state index contributed by atoms with van der Waals surface area (Å²) in [4.78, 5) is 47.8. The Labute approximate surface area is 202 Å². The molecule has 2 saturated heterocycles. The number of fused-ring (bicyclic) bond motifs is 1. The van der Waals surface area contributed by atoms with Crippen LogP contribution in [0.15, 0.2) is 21.8 Å². The molecule has 1 aromatic heterocycles. The maximum Gasteiger partial charge on any atom is 0.352 e. The van der Waals surface area contributed by atoms with Crippen molar-refractivity contribution in [2.75, 3.05) is 45.3 Å². The summed E-state index contributed by atoms with van der Waals surface area (Å²) in [7, 11) is 3.09. The molecule has 3 aliphatic rings. The van der Waals surface area contributed by atoms with Gasteiger partial charge in [0.05, 0.1) is 7.05 Å². The van der Waals surface area contributed by atoms with E-state index in [1.54, 1.807) is 0 Å². The van der Waals surface area contributed by atoms with E-state index in [4.69, 9.17) is 10.6 Å². The van der Waals surface area contributed by atoms with Crippen molar-refractivity contribution in [2.24, 2.45) is 5.16 Å². The average Bonchev–Trinajstić information content (AvgIpc) is 3.30. The lowest BCUT2D eigenvalue weighted by Crippen LogP contribution is -2.71. The third kappa shape index (κ3) is 4.36. The fourth-order valence-corrected chi connectivity index (χ4v) is 6.40. The summed E-state index contributed by atoms with van der Waals surface area (Å²) in [6.07, 6.45) is -1.77. The minimum absolute atomic E-state index is 0.118. The normalized spacial score (nSPS) is 31.2. The zero-order chi connectivity index (χ0) is 24.8. The number of oxime groups is 1. The minimum Gasteiger partial charge on any atom is -0.477 e. The number of thioether (sulfide) groups is 1.